The molecule has 0 unspecified atom stereocenters. The molecule has 0 saturated carbocycles. The highest BCUT2D eigenvalue weighted by atomic mass is 16.2. The molecule has 0 atom stereocenters. The van der Waals surface area contributed by atoms with Crippen molar-refractivity contribution in [2.45, 2.75) is 6.92 Å². The quantitative estimate of drug-likeness (QED) is 0.596. The number of nitrogens with zero attached hydrogens (tertiary/aromatic N) is 4. The predicted molar refractivity (Wildman–Crippen MR) is 106 cm³/mol. The van der Waals surface area contributed by atoms with Crippen molar-refractivity contribution in [3.8, 4) is 11.3 Å². The predicted octanol–water partition coefficient (Wildman–Crippen LogP) is 4.22. The molecule has 0 spiro atoms. The topological polar surface area (TPSA) is 85.0 Å². The van der Waals surface area contributed by atoms with Gasteiger partial charge in [-0.3, -0.25) is 4.98 Å². The summed E-state index contributed by atoms with van der Waals surface area (Å²) in [7, 11) is 0. The Bertz CT molecular complexity index is 1110. The summed E-state index contributed by atoms with van der Waals surface area (Å²) in [5, 5.41) is 0. The normalized spacial score (nSPS) is 10.7. The highest BCUT2D eigenvalue weighted by Gasteiger charge is 2.17. The van der Waals surface area contributed by atoms with Gasteiger partial charge in [0.1, 0.15) is 11.3 Å². The van der Waals surface area contributed by atoms with Crippen molar-refractivity contribution in [3.63, 3.8) is 0 Å². The van der Waals surface area contributed by atoms with Gasteiger partial charge in [0.2, 0.25) is 0 Å². The van der Waals surface area contributed by atoms with Gasteiger partial charge in [0, 0.05) is 5.56 Å². The first-order valence-corrected chi connectivity index (χ1v) is 8.47. The lowest BCUT2D eigenvalue weighted by Crippen LogP contribution is -2.32. The van der Waals surface area contributed by atoms with Gasteiger partial charge in [-0.05, 0) is 31.2 Å². The molecular formula is C21H17N5O. The number of hydrogen-bond donors (Lipinski definition) is 1. The van der Waals surface area contributed by atoms with Gasteiger partial charge in [-0.2, -0.15) is 0 Å². The summed E-state index contributed by atoms with van der Waals surface area (Å²) >= 11 is 0. The molecule has 0 aliphatic heterocycles. The van der Waals surface area contributed by atoms with Gasteiger partial charge in [0.05, 0.1) is 17.6 Å². The maximum absolute atomic E-state index is 12.1. The zero-order valence-corrected chi connectivity index (χ0v) is 14.7. The number of carbonyl (C=O) groups excluding carboxylic acids is 1. The number of rotatable bonds is 3. The molecule has 4 rings (SSSR count). The fourth-order valence-electron chi connectivity index (χ4n) is 2.83. The van der Waals surface area contributed by atoms with Gasteiger partial charge >= 0.3 is 6.03 Å². The largest absolute Gasteiger partial charge is 0.351 e. The summed E-state index contributed by atoms with van der Waals surface area (Å²) in [5.41, 5.74) is 10.1. The molecular weight excluding hydrogens is 338 g/mol. The Morgan fingerprint density at radius 1 is 0.926 bits per heavy atom. The summed E-state index contributed by atoms with van der Waals surface area (Å²) in [6.07, 6.45) is 1.71. The number of hydrogen-bond acceptors (Lipinski definition) is 4. The van der Waals surface area contributed by atoms with Crippen LogP contribution >= 0.6 is 0 Å². The van der Waals surface area contributed by atoms with E-state index >= 15 is 0 Å². The van der Waals surface area contributed by atoms with Gasteiger partial charge in [-0.25, -0.2) is 19.7 Å². The third-order valence-corrected chi connectivity index (χ3v) is 4.20. The number of primary amides is 1. The van der Waals surface area contributed by atoms with E-state index in [2.05, 4.69) is 15.0 Å². The van der Waals surface area contributed by atoms with Gasteiger partial charge in [0.15, 0.2) is 5.65 Å². The van der Waals surface area contributed by atoms with Crippen molar-refractivity contribution in [1.29, 1.82) is 0 Å². The number of pyridine rings is 1. The smallest absolute Gasteiger partial charge is 0.325 e. The van der Waals surface area contributed by atoms with Crippen molar-refractivity contribution in [1.82, 2.24) is 15.0 Å². The minimum Gasteiger partial charge on any atom is -0.351 e. The summed E-state index contributed by atoms with van der Waals surface area (Å²) in [4.78, 5) is 27.0. The van der Waals surface area contributed by atoms with Crippen molar-refractivity contribution in [2.24, 2.45) is 5.73 Å². The zero-order valence-electron chi connectivity index (χ0n) is 14.7. The van der Waals surface area contributed by atoms with Crippen LogP contribution in [-0.4, -0.2) is 21.0 Å². The lowest BCUT2D eigenvalue weighted by molar-refractivity contribution is 0.256. The average Bonchev–Trinajstić information content (AvgIpc) is 2.69. The SMILES string of the molecule is Cc1ccc(N(C(N)=O)c2ccc3ncc(-c4ccccc4)nc3n2)cc1. The second-order valence-electron chi connectivity index (χ2n) is 6.14. The molecule has 2 aromatic carbocycles. The molecule has 0 aliphatic rings. The van der Waals surface area contributed by atoms with E-state index in [1.165, 1.54) is 4.90 Å². The fraction of sp³-hybridized carbons (Fsp3) is 0.0476. The van der Waals surface area contributed by atoms with Crippen LogP contribution in [0.2, 0.25) is 0 Å². The minimum atomic E-state index is -0.613. The standard InChI is InChI=1S/C21H17N5O/c1-14-7-9-16(10-8-14)26(21(22)27)19-12-11-17-20(25-19)24-18(13-23-17)15-5-3-2-4-6-15/h2-13H,1H3,(H2,22,27). The molecule has 27 heavy (non-hydrogen) atoms. The van der Waals surface area contributed by atoms with E-state index in [9.17, 15) is 4.79 Å². The van der Waals surface area contributed by atoms with Gasteiger partial charge in [-0.15, -0.1) is 0 Å². The summed E-state index contributed by atoms with van der Waals surface area (Å²) in [6.45, 7) is 1.98. The first-order valence-electron chi connectivity index (χ1n) is 8.47. The Hall–Kier alpha value is -3.80. The van der Waals surface area contributed by atoms with Crippen LogP contribution in [0, 0.1) is 6.92 Å². The third-order valence-electron chi connectivity index (χ3n) is 4.20. The van der Waals surface area contributed by atoms with Crippen LogP contribution in [0.5, 0.6) is 0 Å². The lowest BCUT2D eigenvalue weighted by atomic mass is 10.2. The van der Waals surface area contributed by atoms with Crippen molar-refractivity contribution in [3.05, 3.63) is 78.5 Å². The summed E-state index contributed by atoms with van der Waals surface area (Å²) < 4.78 is 0. The van der Waals surface area contributed by atoms with E-state index in [0.29, 0.717) is 28.4 Å². The van der Waals surface area contributed by atoms with Crippen molar-refractivity contribution in [2.75, 3.05) is 4.90 Å². The third kappa shape index (κ3) is 3.32. The number of carbonyl (C=O) groups is 1. The van der Waals surface area contributed by atoms with Gasteiger partial charge in [0.25, 0.3) is 0 Å². The van der Waals surface area contributed by atoms with Crippen molar-refractivity contribution < 1.29 is 4.79 Å². The summed E-state index contributed by atoms with van der Waals surface area (Å²) in [6, 6.07) is 20.1. The van der Waals surface area contributed by atoms with Gasteiger partial charge in [-0.1, -0.05) is 48.0 Å². The fourth-order valence-corrected chi connectivity index (χ4v) is 2.83. The number of benzene rings is 2. The highest BCUT2D eigenvalue weighted by molar-refractivity contribution is 5.98. The van der Waals surface area contributed by atoms with Crippen LogP contribution in [0.25, 0.3) is 22.4 Å². The van der Waals surface area contributed by atoms with E-state index in [4.69, 9.17) is 5.73 Å². The Morgan fingerprint density at radius 3 is 2.37 bits per heavy atom. The number of nitrogens with two attached hydrogens (primary N) is 1. The Kier molecular flexibility index (Phi) is 4.22. The molecule has 0 fully saturated rings. The first kappa shape index (κ1) is 16.7. The Balaban J connectivity index is 1.81. The number of urea groups is 1. The molecule has 0 aliphatic carbocycles. The van der Waals surface area contributed by atoms with Crippen LogP contribution in [0.3, 0.4) is 0 Å². The average molecular weight is 355 g/mol. The van der Waals surface area contributed by atoms with Crippen LogP contribution in [0.4, 0.5) is 16.3 Å². The summed E-state index contributed by atoms with van der Waals surface area (Å²) in [5.74, 6) is 0.401. The van der Waals surface area contributed by atoms with Crippen LogP contribution < -0.4 is 10.6 Å². The van der Waals surface area contributed by atoms with Crippen molar-refractivity contribution >= 4 is 28.7 Å². The number of anilines is 2. The molecule has 6 nitrogen and oxygen atoms in total. The molecule has 4 aromatic rings. The molecule has 6 heteroatoms. The van der Waals surface area contributed by atoms with Crippen LogP contribution in [-0.2, 0) is 0 Å². The van der Waals surface area contributed by atoms with Gasteiger partial charge < -0.3 is 5.73 Å². The maximum Gasteiger partial charge on any atom is 0.325 e. The minimum absolute atomic E-state index is 0.401. The molecule has 2 aromatic heterocycles. The van der Waals surface area contributed by atoms with Crippen LogP contribution in [0.1, 0.15) is 5.56 Å². The molecule has 0 bridgehead atoms. The van der Waals surface area contributed by atoms with E-state index in [0.717, 1.165) is 11.1 Å². The molecule has 2 heterocycles. The van der Waals surface area contributed by atoms with E-state index in [1.807, 2.05) is 61.5 Å². The van der Waals surface area contributed by atoms with E-state index in [-0.39, 0.29) is 0 Å². The Labute approximate surface area is 156 Å². The molecule has 2 amide bonds. The maximum atomic E-state index is 12.1. The van der Waals surface area contributed by atoms with E-state index < -0.39 is 6.03 Å². The monoisotopic (exact) mass is 355 g/mol. The molecule has 0 saturated heterocycles. The Morgan fingerprint density at radius 2 is 1.67 bits per heavy atom. The molecule has 0 radical (unpaired) electrons. The number of fused-ring (bicyclic) bond motifs is 1. The number of aromatic nitrogens is 3. The van der Waals surface area contributed by atoms with E-state index in [1.54, 1.807) is 18.3 Å². The lowest BCUT2D eigenvalue weighted by Gasteiger charge is -2.19. The number of amides is 2. The van der Waals surface area contributed by atoms with Crippen LogP contribution in [0.15, 0.2) is 72.9 Å². The first-order chi connectivity index (χ1) is 13.1. The zero-order chi connectivity index (χ0) is 18.8. The second-order valence-corrected chi connectivity index (χ2v) is 6.14. The second kappa shape index (κ2) is 6.84. The molecule has 132 valence electrons. The molecule has 2 N–H and O–H groups in total. The highest BCUT2D eigenvalue weighted by Crippen LogP contribution is 2.26. The number of aryl methyl sites for hydroxylation is 1.